The van der Waals surface area contributed by atoms with E-state index in [1.807, 2.05) is 18.2 Å². The van der Waals surface area contributed by atoms with Crippen LogP contribution in [0.4, 0.5) is 41.7 Å². The van der Waals surface area contributed by atoms with Gasteiger partial charge in [0.05, 0.1) is 46.7 Å². The van der Waals surface area contributed by atoms with Gasteiger partial charge in [-0.1, -0.05) is 30.3 Å². The van der Waals surface area contributed by atoms with Gasteiger partial charge >= 0.3 is 6.18 Å². The van der Waals surface area contributed by atoms with E-state index >= 15 is 0 Å². The molecule has 4 N–H and O–H groups in total. The van der Waals surface area contributed by atoms with E-state index in [2.05, 4.69) is 59.1 Å². The topological polar surface area (TPSA) is 131 Å². The van der Waals surface area contributed by atoms with E-state index in [0.717, 1.165) is 55.7 Å². The summed E-state index contributed by atoms with van der Waals surface area (Å²) in [4.78, 5) is 47.3. The number of benzene rings is 3. The third-order valence-electron chi connectivity index (χ3n) is 10.2. The number of piperidine rings is 1. The Hall–Kier alpha value is -5.32. The first-order chi connectivity index (χ1) is 26.4. The molecule has 2 saturated heterocycles. The number of fused-ring (bicyclic) bond motifs is 1. The minimum atomic E-state index is -4.70. The molecule has 7 rings (SSSR count). The van der Waals surface area contributed by atoms with E-state index in [1.165, 1.54) is 37.9 Å². The average Bonchev–Trinajstić information content (AvgIpc) is 3.49. The Bertz CT molecular complexity index is 2110. The fraction of sp³-hybridized carbons (Fsp3) is 0.333. The summed E-state index contributed by atoms with van der Waals surface area (Å²) < 4.78 is 47.8. The molecule has 4 heterocycles. The molecule has 0 spiro atoms. The van der Waals surface area contributed by atoms with Crippen LogP contribution in [0, 0.1) is 0 Å². The highest BCUT2D eigenvalue weighted by molar-refractivity contribution is 7.80. The molecule has 4 aromatic rings. The SMILES string of the molecule is CNC(=O)c1ccccc1Nc1cc(Nc2ccc(N3CCN(Cc4ccc5c(c4)C(S)N(C4CCC(=O)NC4=O)C5)CC3)cc2OC)ncc1C(F)(F)F. The number of nitrogens with zero attached hydrogens (tertiary/aromatic N) is 4. The number of piperazine rings is 1. The van der Waals surface area contributed by atoms with Crippen LogP contribution < -0.4 is 30.9 Å². The number of methoxy groups -OCH3 is 1. The molecular weight excluding hydrogens is 734 g/mol. The van der Waals surface area contributed by atoms with Crippen molar-refractivity contribution < 1.29 is 32.3 Å². The van der Waals surface area contributed by atoms with Gasteiger partial charge in [0.25, 0.3) is 5.91 Å². The van der Waals surface area contributed by atoms with E-state index < -0.39 is 17.6 Å². The van der Waals surface area contributed by atoms with Crippen LogP contribution in [0.5, 0.6) is 5.75 Å². The lowest BCUT2D eigenvalue weighted by molar-refractivity contribution is -0.138. The van der Waals surface area contributed by atoms with Gasteiger partial charge in [0.15, 0.2) is 0 Å². The second-order valence-electron chi connectivity index (χ2n) is 13.7. The lowest BCUT2D eigenvalue weighted by Gasteiger charge is -2.36. The van der Waals surface area contributed by atoms with Crippen LogP contribution in [0.2, 0.25) is 0 Å². The first-order valence-electron chi connectivity index (χ1n) is 17.9. The first-order valence-corrected chi connectivity index (χ1v) is 18.4. The zero-order chi connectivity index (χ0) is 38.9. The lowest BCUT2D eigenvalue weighted by atomic mass is 10.0. The maximum atomic E-state index is 14.0. The summed E-state index contributed by atoms with van der Waals surface area (Å²) >= 11 is 4.87. The number of nitrogens with one attached hydrogen (secondary N) is 4. The number of thiol groups is 1. The Kier molecular flexibility index (Phi) is 10.9. The van der Waals surface area contributed by atoms with Crippen molar-refractivity contribution in [1.82, 2.24) is 25.4 Å². The van der Waals surface area contributed by atoms with Gasteiger partial charge in [0.2, 0.25) is 11.8 Å². The zero-order valence-electron chi connectivity index (χ0n) is 30.2. The van der Waals surface area contributed by atoms with Crippen LogP contribution in [0.25, 0.3) is 0 Å². The molecular formula is C39H41F3N8O4S. The van der Waals surface area contributed by atoms with Crippen LogP contribution in [0.15, 0.2) is 72.9 Å². The van der Waals surface area contributed by atoms with E-state index in [4.69, 9.17) is 17.4 Å². The van der Waals surface area contributed by atoms with Crippen molar-refractivity contribution in [2.75, 3.05) is 55.9 Å². The number of carbonyl (C=O) groups is 3. The van der Waals surface area contributed by atoms with Crippen molar-refractivity contribution in [3.8, 4) is 5.75 Å². The number of rotatable bonds is 10. The summed E-state index contributed by atoms with van der Waals surface area (Å²) in [5, 5.41) is 10.6. The molecule has 2 atom stereocenters. The van der Waals surface area contributed by atoms with Crippen LogP contribution >= 0.6 is 12.6 Å². The number of hydrogen-bond donors (Lipinski definition) is 5. The molecule has 0 saturated carbocycles. The Morgan fingerprint density at radius 3 is 2.49 bits per heavy atom. The molecule has 16 heteroatoms. The van der Waals surface area contributed by atoms with Gasteiger partial charge in [-0.2, -0.15) is 25.8 Å². The van der Waals surface area contributed by atoms with Gasteiger partial charge in [-0.25, -0.2) is 4.98 Å². The average molecular weight is 775 g/mol. The molecule has 12 nitrogen and oxygen atoms in total. The highest BCUT2D eigenvalue weighted by Crippen LogP contribution is 2.41. The normalized spacial score (nSPS) is 19.1. The molecule has 1 aromatic heterocycles. The van der Waals surface area contributed by atoms with E-state index in [-0.39, 0.29) is 46.0 Å². The quantitative estimate of drug-likeness (QED) is 0.0992. The minimum Gasteiger partial charge on any atom is -0.494 e. The van der Waals surface area contributed by atoms with E-state index in [0.29, 0.717) is 30.8 Å². The highest BCUT2D eigenvalue weighted by Gasteiger charge is 2.39. The number of hydrogen-bond acceptors (Lipinski definition) is 11. The minimum absolute atomic E-state index is 0.145. The summed E-state index contributed by atoms with van der Waals surface area (Å²) in [7, 11) is 2.98. The number of para-hydroxylation sites is 1. The molecule has 0 aliphatic carbocycles. The number of alkyl halides is 3. The lowest BCUT2D eigenvalue weighted by Crippen LogP contribution is -2.51. The number of halogens is 3. The zero-order valence-corrected chi connectivity index (χ0v) is 31.1. The first kappa shape index (κ1) is 38.0. The Labute approximate surface area is 321 Å². The third-order valence-corrected chi connectivity index (χ3v) is 10.8. The van der Waals surface area contributed by atoms with Crippen molar-refractivity contribution in [3.05, 3.63) is 101 Å². The van der Waals surface area contributed by atoms with Gasteiger partial charge < -0.3 is 25.6 Å². The molecule has 0 bridgehead atoms. The Morgan fingerprint density at radius 2 is 1.76 bits per heavy atom. The van der Waals surface area contributed by atoms with Gasteiger partial charge in [-0.15, -0.1) is 0 Å². The van der Waals surface area contributed by atoms with E-state index in [9.17, 15) is 27.6 Å². The summed E-state index contributed by atoms with van der Waals surface area (Å²) in [6.45, 7) is 4.56. The van der Waals surface area contributed by atoms with Gasteiger partial charge in [0, 0.05) is 76.8 Å². The summed E-state index contributed by atoms with van der Waals surface area (Å²) in [6, 6.07) is 19.2. The third kappa shape index (κ3) is 8.21. The number of amides is 3. The number of ether oxygens (including phenoxy) is 1. The second-order valence-corrected chi connectivity index (χ2v) is 14.2. The van der Waals surface area contributed by atoms with Crippen molar-refractivity contribution in [1.29, 1.82) is 0 Å². The maximum absolute atomic E-state index is 14.0. The molecule has 3 aliphatic heterocycles. The number of imide groups is 1. The monoisotopic (exact) mass is 774 g/mol. The van der Waals surface area contributed by atoms with Crippen LogP contribution in [0.3, 0.4) is 0 Å². The van der Waals surface area contributed by atoms with Gasteiger partial charge in [-0.05, 0) is 47.4 Å². The van der Waals surface area contributed by atoms with Crippen molar-refractivity contribution in [2.45, 2.75) is 43.5 Å². The predicted molar refractivity (Wildman–Crippen MR) is 206 cm³/mol. The molecule has 55 heavy (non-hydrogen) atoms. The van der Waals surface area contributed by atoms with Gasteiger partial charge in [0.1, 0.15) is 11.6 Å². The molecule has 0 radical (unpaired) electrons. The van der Waals surface area contributed by atoms with Crippen LogP contribution in [-0.4, -0.2) is 78.9 Å². The standard InChI is InChI=1S/C39H41F3N8O4S/c1-43-36(52)26-5-3-4-6-29(26)45-31-19-34(44-20-28(31)39(40,41)42)46-30-10-9-25(18-33(30)54-2)49-15-13-48(14-16-49)21-23-7-8-24-22-50(38(55)27(24)17-23)32-11-12-35(51)47-37(32)53/h3-10,17-20,32,38,55H,11-16,21-22H2,1-2H3,(H,43,52)(H2,44,45,46)(H,47,51,53). The Balaban J connectivity index is 0.995. The van der Waals surface area contributed by atoms with Crippen molar-refractivity contribution in [3.63, 3.8) is 0 Å². The fourth-order valence-corrected chi connectivity index (χ4v) is 7.81. The Morgan fingerprint density at radius 1 is 0.982 bits per heavy atom. The predicted octanol–water partition coefficient (Wildman–Crippen LogP) is 5.83. The number of anilines is 5. The molecule has 2 fully saturated rings. The van der Waals surface area contributed by atoms with Crippen molar-refractivity contribution in [2.24, 2.45) is 0 Å². The van der Waals surface area contributed by atoms with Crippen LogP contribution in [-0.2, 0) is 28.9 Å². The molecule has 3 amide bonds. The molecule has 3 aromatic carbocycles. The highest BCUT2D eigenvalue weighted by atomic mass is 32.1. The second kappa shape index (κ2) is 15.8. The van der Waals surface area contributed by atoms with Gasteiger partial charge in [-0.3, -0.25) is 29.5 Å². The number of carbonyl (C=O) groups excluding carboxylic acids is 3. The van der Waals surface area contributed by atoms with E-state index in [1.54, 1.807) is 12.1 Å². The van der Waals surface area contributed by atoms with Crippen LogP contribution in [0.1, 0.15) is 50.8 Å². The largest absolute Gasteiger partial charge is 0.494 e. The number of aromatic nitrogens is 1. The molecule has 3 aliphatic rings. The smallest absolute Gasteiger partial charge is 0.419 e. The molecule has 288 valence electrons. The fourth-order valence-electron chi connectivity index (χ4n) is 7.33. The summed E-state index contributed by atoms with van der Waals surface area (Å²) in [5.41, 5.74) is 4.01. The number of pyridine rings is 1. The summed E-state index contributed by atoms with van der Waals surface area (Å²) in [6.07, 6.45) is -3.13. The molecule has 2 unspecified atom stereocenters. The van der Waals surface area contributed by atoms with Crippen molar-refractivity contribution >= 4 is 58.9 Å². The maximum Gasteiger partial charge on any atom is 0.419 e. The summed E-state index contributed by atoms with van der Waals surface area (Å²) in [5.74, 6) is -0.293.